The highest BCUT2D eigenvalue weighted by atomic mass is 19.2. The molecule has 28 heavy (non-hydrogen) atoms. The number of quaternary nitrogens is 1. The molecule has 2 aromatic rings. The van der Waals surface area contributed by atoms with Crippen molar-refractivity contribution in [1.82, 2.24) is 0 Å². The van der Waals surface area contributed by atoms with Gasteiger partial charge in [-0.05, 0) is 36.6 Å². The summed E-state index contributed by atoms with van der Waals surface area (Å²) in [6.45, 7) is 3.74. The lowest BCUT2D eigenvalue weighted by atomic mass is 10.1. The maximum Gasteiger partial charge on any atom is 0.279 e. The molecule has 150 valence electrons. The monoisotopic (exact) mass is 394 g/mol. The lowest BCUT2D eigenvalue weighted by Gasteiger charge is -2.16. The average molecular weight is 394 g/mol. The zero-order valence-electron chi connectivity index (χ0n) is 16.0. The fraction of sp³-hybridized carbons (Fsp3) is 0.300. The second kappa shape index (κ2) is 9.36. The average Bonchev–Trinajstić information content (AvgIpc) is 2.63. The van der Waals surface area contributed by atoms with E-state index in [4.69, 9.17) is 0 Å². The Morgan fingerprint density at radius 3 is 2.25 bits per heavy atom. The van der Waals surface area contributed by atoms with Gasteiger partial charge in [0.15, 0.2) is 30.5 Å². The van der Waals surface area contributed by atoms with Crippen LogP contribution in [0.1, 0.15) is 18.1 Å². The van der Waals surface area contributed by atoms with Crippen molar-refractivity contribution in [3.05, 3.63) is 58.9 Å². The van der Waals surface area contributed by atoms with Crippen molar-refractivity contribution in [3.8, 4) is 0 Å². The van der Waals surface area contributed by atoms with Gasteiger partial charge in [0.25, 0.3) is 11.8 Å². The van der Waals surface area contributed by atoms with Crippen molar-refractivity contribution in [2.24, 2.45) is 0 Å². The standard InChI is InChI=1S/C20H22F3N3O2/c1-4-13-7-5-6-12(2)20(13)25-17(28)11-26(3)10-16(27)24-15-9-8-14(21)18(22)19(15)23/h5-9H,4,10-11H2,1-3H3,(H,24,27)(H,25,28)/p+1. The van der Waals surface area contributed by atoms with Crippen LogP contribution in [-0.4, -0.2) is 32.0 Å². The number of likely N-dealkylation sites (N-methyl/N-ethyl adjacent to an activating group) is 1. The van der Waals surface area contributed by atoms with E-state index in [0.717, 1.165) is 35.4 Å². The Kier molecular flexibility index (Phi) is 7.17. The van der Waals surface area contributed by atoms with Crippen LogP contribution in [0.3, 0.4) is 0 Å². The van der Waals surface area contributed by atoms with Crippen LogP contribution in [-0.2, 0) is 16.0 Å². The van der Waals surface area contributed by atoms with Crippen molar-refractivity contribution in [2.75, 3.05) is 30.8 Å². The summed E-state index contributed by atoms with van der Waals surface area (Å²) in [6.07, 6.45) is 0.766. The Morgan fingerprint density at radius 2 is 1.61 bits per heavy atom. The van der Waals surface area contributed by atoms with Gasteiger partial charge >= 0.3 is 0 Å². The summed E-state index contributed by atoms with van der Waals surface area (Å²) < 4.78 is 39.8. The van der Waals surface area contributed by atoms with Gasteiger partial charge in [0, 0.05) is 5.69 Å². The Labute approximate surface area is 161 Å². The number of para-hydroxylation sites is 1. The molecule has 0 aliphatic rings. The van der Waals surface area contributed by atoms with Gasteiger partial charge in [-0.2, -0.15) is 0 Å². The number of carbonyl (C=O) groups is 2. The highest BCUT2D eigenvalue weighted by molar-refractivity contribution is 5.94. The summed E-state index contributed by atoms with van der Waals surface area (Å²) in [5.41, 5.74) is 2.26. The Bertz CT molecular complexity index is 887. The largest absolute Gasteiger partial charge is 0.322 e. The molecule has 0 spiro atoms. The smallest absolute Gasteiger partial charge is 0.279 e. The number of hydrogen-bond acceptors (Lipinski definition) is 2. The molecule has 0 aliphatic carbocycles. The molecule has 0 aromatic heterocycles. The SMILES string of the molecule is CCc1cccc(C)c1NC(=O)C[NH+](C)CC(=O)Nc1ccc(F)c(F)c1F. The van der Waals surface area contributed by atoms with E-state index < -0.39 is 29.0 Å². The second-order valence-electron chi connectivity index (χ2n) is 6.59. The Morgan fingerprint density at radius 1 is 0.964 bits per heavy atom. The molecule has 3 N–H and O–H groups in total. The van der Waals surface area contributed by atoms with E-state index >= 15 is 0 Å². The van der Waals surface area contributed by atoms with Gasteiger partial charge < -0.3 is 15.5 Å². The maximum atomic E-state index is 13.6. The zero-order valence-corrected chi connectivity index (χ0v) is 16.0. The maximum absolute atomic E-state index is 13.6. The van der Waals surface area contributed by atoms with Crippen molar-refractivity contribution in [3.63, 3.8) is 0 Å². The number of halogens is 3. The number of benzene rings is 2. The lowest BCUT2D eigenvalue weighted by Crippen LogP contribution is -3.11. The molecule has 2 amide bonds. The summed E-state index contributed by atoms with van der Waals surface area (Å²) >= 11 is 0. The minimum atomic E-state index is -1.65. The van der Waals surface area contributed by atoms with Gasteiger partial charge in [-0.25, -0.2) is 13.2 Å². The predicted octanol–water partition coefficient (Wildman–Crippen LogP) is 2.07. The van der Waals surface area contributed by atoms with Crippen LogP contribution in [0, 0.1) is 24.4 Å². The molecule has 2 aromatic carbocycles. The number of carbonyl (C=O) groups excluding carboxylic acids is 2. The van der Waals surface area contributed by atoms with Gasteiger partial charge in [-0.1, -0.05) is 25.1 Å². The molecule has 0 fully saturated rings. The van der Waals surface area contributed by atoms with Crippen LogP contribution in [0.4, 0.5) is 24.5 Å². The molecule has 1 unspecified atom stereocenters. The van der Waals surface area contributed by atoms with Gasteiger partial charge in [0.05, 0.1) is 12.7 Å². The molecular formula is C20H23F3N3O2+. The van der Waals surface area contributed by atoms with Crippen molar-refractivity contribution >= 4 is 23.2 Å². The highest BCUT2D eigenvalue weighted by Gasteiger charge is 2.19. The minimum absolute atomic E-state index is 0.00513. The van der Waals surface area contributed by atoms with Crippen molar-refractivity contribution in [2.45, 2.75) is 20.3 Å². The third-order valence-corrected chi connectivity index (χ3v) is 4.24. The zero-order chi connectivity index (χ0) is 20.8. The molecule has 0 saturated carbocycles. The van der Waals surface area contributed by atoms with Crippen LogP contribution in [0.15, 0.2) is 30.3 Å². The summed E-state index contributed by atoms with van der Waals surface area (Å²) in [4.78, 5) is 24.9. The second-order valence-corrected chi connectivity index (χ2v) is 6.59. The topological polar surface area (TPSA) is 62.6 Å². The molecule has 0 saturated heterocycles. The minimum Gasteiger partial charge on any atom is -0.322 e. The van der Waals surface area contributed by atoms with E-state index in [-0.39, 0.29) is 19.0 Å². The van der Waals surface area contributed by atoms with Crippen LogP contribution >= 0.6 is 0 Å². The first kappa shape index (κ1) is 21.4. The molecular weight excluding hydrogens is 371 g/mol. The number of anilines is 2. The normalized spacial score (nSPS) is 11.8. The van der Waals surface area contributed by atoms with Gasteiger partial charge in [0.2, 0.25) is 0 Å². The van der Waals surface area contributed by atoms with Crippen LogP contribution in [0.2, 0.25) is 0 Å². The van der Waals surface area contributed by atoms with E-state index in [1.165, 1.54) is 0 Å². The number of hydrogen-bond donors (Lipinski definition) is 3. The quantitative estimate of drug-likeness (QED) is 0.630. The molecule has 2 rings (SSSR count). The van der Waals surface area contributed by atoms with Crippen LogP contribution in [0.5, 0.6) is 0 Å². The predicted molar refractivity (Wildman–Crippen MR) is 101 cm³/mol. The number of nitrogens with one attached hydrogen (secondary N) is 3. The first-order chi connectivity index (χ1) is 13.2. The van der Waals surface area contributed by atoms with Crippen LogP contribution in [0.25, 0.3) is 0 Å². The van der Waals surface area contributed by atoms with E-state index in [2.05, 4.69) is 10.6 Å². The van der Waals surface area contributed by atoms with Gasteiger partial charge in [0.1, 0.15) is 0 Å². The van der Waals surface area contributed by atoms with Gasteiger partial charge in [-0.15, -0.1) is 0 Å². The molecule has 0 radical (unpaired) electrons. The van der Waals surface area contributed by atoms with Crippen molar-refractivity contribution < 1.29 is 27.7 Å². The molecule has 0 bridgehead atoms. The van der Waals surface area contributed by atoms with E-state index in [1.807, 2.05) is 32.0 Å². The first-order valence-electron chi connectivity index (χ1n) is 8.85. The first-order valence-corrected chi connectivity index (χ1v) is 8.85. The highest BCUT2D eigenvalue weighted by Crippen LogP contribution is 2.21. The number of amides is 2. The summed E-state index contributed by atoms with van der Waals surface area (Å²) in [6, 6.07) is 7.42. The number of rotatable bonds is 7. The Hall–Kier alpha value is -2.87. The summed E-state index contributed by atoms with van der Waals surface area (Å²) in [7, 11) is 1.62. The fourth-order valence-electron chi connectivity index (χ4n) is 2.81. The lowest BCUT2D eigenvalue weighted by molar-refractivity contribution is -0.862. The van der Waals surface area contributed by atoms with E-state index in [0.29, 0.717) is 4.90 Å². The van der Waals surface area contributed by atoms with Crippen molar-refractivity contribution in [1.29, 1.82) is 0 Å². The molecule has 5 nitrogen and oxygen atoms in total. The summed E-state index contributed by atoms with van der Waals surface area (Å²) in [5, 5.41) is 5.05. The molecule has 0 heterocycles. The van der Waals surface area contributed by atoms with Gasteiger partial charge in [-0.3, -0.25) is 9.59 Å². The Balaban J connectivity index is 1.93. The van der Waals surface area contributed by atoms with Crippen LogP contribution < -0.4 is 15.5 Å². The third-order valence-electron chi connectivity index (χ3n) is 4.24. The molecule has 8 heteroatoms. The summed E-state index contributed by atoms with van der Waals surface area (Å²) in [5.74, 6) is -5.34. The van der Waals surface area contributed by atoms with E-state index in [1.54, 1.807) is 7.05 Å². The third kappa shape index (κ3) is 5.32. The number of aryl methyl sites for hydroxylation is 2. The molecule has 1 atom stereocenters. The molecule has 0 aliphatic heterocycles. The fourth-order valence-corrected chi connectivity index (χ4v) is 2.81. The van der Waals surface area contributed by atoms with E-state index in [9.17, 15) is 22.8 Å².